The van der Waals surface area contributed by atoms with Gasteiger partial charge in [-0.15, -0.1) is 34.3 Å². The van der Waals surface area contributed by atoms with E-state index in [9.17, 15) is 0 Å². The molecule has 1 aromatic carbocycles. The maximum Gasteiger partial charge on any atom is 0.102 e. The first kappa shape index (κ1) is 13.1. The molecule has 0 saturated carbocycles. The fraction of sp³-hybridized carbons (Fsp3) is 0.0769. The van der Waals surface area contributed by atoms with Gasteiger partial charge in [-0.1, -0.05) is 18.2 Å². The monoisotopic (exact) mass is 420 g/mol. The van der Waals surface area contributed by atoms with Gasteiger partial charge in [0.15, 0.2) is 0 Å². The number of alkyl halides is 1. The van der Waals surface area contributed by atoms with Crippen molar-refractivity contribution < 1.29 is 0 Å². The molecule has 1 atom stereocenters. The Morgan fingerprint density at radius 3 is 2.39 bits per heavy atom. The molecule has 0 radical (unpaired) electrons. The topological polar surface area (TPSA) is 0 Å². The van der Waals surface area contributed by atoms with E-state index in [0.717, 1.165) is 13.1 Å². The van der Waals surface area contributed by atoms with Gasteiger partial charge in [-0.05, 0) is 55.4 Å². The Morgan fingerprint density at radius 1 is 1.00 bits per heavy atom. The fourth-order valence-corrected chi connectivity index (χ4v) is 5.37. The lowest BCUT2D eigenvalue weighted by Gasteiger charge is -2.02. The van der Waals surface area contributed by atoms with Crippen molar-refractivity contribution in [1.82, 2.24) is 0 Å². The van der Waals surface area contributed by atoms with Gasteiger partial charge >= 0.3 is 0 Å². The molecule has 92 valence electrons. The smallest absolute Gasteiger partial charge is 0.102 e. The Bertz CT molecular complexity index is 649. The molecule has 1 unspecified atom stereocenters. The zero-order valence-electron chi connectivity index (χ0n) is 8.99. The summed E-state index contributed by atoms with van der Waals surface area (Å²) in [6.45, 7) is 0. The third kappa shape index (κ3) is 2.41. The largest absolute Gasteiger partial charge is 0.138 e. The van der Waals surface area contributed by atoms with Crippen LogP contribution >= 0.6 is 66.1 Å². The molecule has 18 heavy (non-hydrogen) atoms. The number of fused-ring (bicyclic) bond motifs is 1. The zero-order valence-corrected chi connectivity index (χ0v) is 14.6. The van der Waals surface area contributed by atoms with Gasteiger partial charge in [0.25, 0.3) is 0 Å². The quantitative estimate of drug-likeness (QED) is 0.398. The Hall–Kier alpha value is 0.130. The summed E-state index contributed by atoms with van der Waals surface area (Å²) >= 11 is 17.0. The summed E-state index contributed by atoms with van der Waals surface area (Å²) in [5, 5.41) is 1.19. The summed E-state index contributed by atoms with van der Waals surface area (Å²) in [5.41, 5.74) is 0. The predicted molar refractivity (Wildman–Crippen MR) is 89.2 cm³/mol. The first-order valence-corrected chi connectivity index (χ1v) is 8.88. The molecule has 0 fully saturated rings. The summed E-state index contributed by atoms with van der Waals surface area (Å²) in [7, 11) is 0. The number of benzene rings is 1. The van der Waals surface area contributed by atoms with E-state index in [1.165, 1.54) is 15.0 Å². The van der Waals surface area contributed by atoms with Gasteiger partial charge in [-0.3, -0.25) is 0 Å². The predicted octanol–water partition coefficient (Wildman–Crippen LogP) is 6.82. The van der Waals surface area contributed by atoms with Crippen LogP contribution in [0.3, 0.4) is 0 Å². The molecular weight excluding hydrogens is 416 g/mol. The average molecular weight is 423 g/mol. The van der Waals surface area contributed by atoms with Crippen LogP contribution in [-0.2, 0) is 0 Å². The second-order valence-electron chi connectivity index (χ2n) is 3.82. The van der Waals surface area contributed by atoms with Crippen molar-refractivity contribution in [2.45, 2.75) is 5.38 Å². The maximum atomic E-state index is 6.57. The van der Waals surface area contributed by atoms with Gasteiger partial charge in [0, 0.05) is 18.9 Å². The van der Waals surface area contributed by atoms with E-state index < -0.39 is 0 Å². The minimum atomic E-state index is -0.0741. The number of hydrogen-bond acceptors (Lipinski definition) is 2. The highest BCUT2D eigenvalue weighted by atomic mass is 79.9. The second-order valence-corrected chi connectivity index (χ2v) is 8.63. The number of thiophene rings is 2. The first-order chi connectivity index (χ1) is 8.65. The van der Waals surface area contributed by atoms with Crippen molar-refractivity contribution in [3.63, 3.8) is 0 Å². The van der Waals surface area contributed by atoms with E-state index in [-0.39, 0.29) is 5.38 Å². The summed E-state index contributed by atoms with van der Waals surface area (Å²) < 4.78 is 3.44. The van der Waals surface area contributed by atoms with Gasteiger partial charge in [0.2, 0.25) is 0 Å². The van der Waals surface area contributed by atoms with Gasteiger partial charge in [-0.25, -0.2) is 0 Å². The van der Waals surface area contributed by atoms with Gasteiger partial charge in [-0.2, -0.15) is 0 Å². The summed E-state index contributed by atoms with van der Waals surface area (Å²) in [6.07, 6.45) is 0. The Balaban J connectivity index is 2.03. The normalized spacial score (nSPS) is 13.1. The zero-order chi connectivity index (χ0) is 12.7. The summed E-state index contributed by atoms with van der Waals surface area (Å²) in [4.78, 5) is 2.35. The molecule has 0 N–H and O–H groups in total. The molecule has 2 heterocycles. The van der Waals surface area contributed by atoms with Crippen LogP contribution in [0.2, 0.25) is 0 Å². The van der Waals surface area contributed by atoms with Crippen LogP contribution in [0.1, 0.15) is 15.1 Å². The molecule has 0 nitrogen and oxygen atoms in total. The highest BCUT2D eigenvalue weighted by Gasteiger charge is 2.17. The molecule has 3 aromatic rings. The maximum absolute atomic E-state index is 6.57. The second kappa shape index (κ2) is 5.25. The Labute approximate surface area is 135 Å². The Kier molecular flexibility index (Phi) is 3.83. The molecule has 0 amide bonds. The third-order valence-electron chi connectivity index (χ3n) is 2.61. The number of halogens is 3. The molecule has 0 aliphatic carbocycles. The molecule has 5 heteroatoms. The Morgan fingerprint density at radius 2 is 1.72 bits per heavy atom. The van der Waals surface area contributed by atoms with E-state index in [1.807, 2.05) is 0 Å². The van der Waals surface area contributed by atoms with Crippen LogP contribution in [-0.4, -0.2) is 0 Å². The van der Waals surface area contributed by atoms with E-state index in [1.54, 1.807) is 22.7 Å². The molecular formula is C13H7Br2ClS2. The summed E-state index contributed by atoms with van der Waals surface area (Å²) in [6, 6.07) is 12.6. The van der Waals surface area contributed by atoms with Crippen molar-refractivity contribution in [3.8, 4) is 0 Å². The van der Waals surface area contributed by atoms with Crippen LogP contribution in [0.4, 0.5) is 0 Å². The fourth-order valence-electron chi connectivity index (χ4n) is 1.76. The van der Waals surface area contributed by atoms with Crippen LogP contribution < -0.4 is 0 Å². The van der Waals surface area contributed by atoms with Crippen molar-refractivity contribution in [1.29, 1.82) is 0 Å². The van der Waals surface area contributed by atoms with E-state index in [4.69, 9.17) is 11.6 Å². The molecule has 0 aliphatic rings. The van der Waals surface area contributed by atoms with Gasteiger partial charge in [0.05, 0.1) is 3.79 Å². The standard InChI is InChI=1S/C13H7Br2ClS2/c14-8-6-11(18-13(8)15)12(16)10-5-7-3-1-2-4-9(7)17-10/h1-6,12H. The van der Waals surface area contributed by atoms with Crippen molar-refractivity contribution in [2.75, 3.05) is 0 Å². The molecule has 2 aromatic heterocycles. The van der Waals surface area contributed by atoms with Gasteiger partial charge in [0.1, 0.15) is 5.38 Å². The minimum Gasteiger partial charge on any atom is -0.138 e. The SMILES string of the molecule is ClC(c1cc(Br)c(Br)s1)c1cc2ccccc2s1. The third-order valence-corrected chi connectivity index (χ3v) is 7.84. The molecule has 0 aliphatic heterocycles. The van der Waals surface area contributed by atoms with Crippen molar-refractivity contribution in [2.24, 2.45) is 0 Å². The molecule has 0 saturated heterocycles. The lowest BCUT2D eigenvalue weighted by Crippen LogP contribution is -1.84. The molecule has 0 bridgehead atoms. The highest BCUT2D eigenvalue weighted by Crippen LogP contribution is 2.43. The van der Waals surface area contributed by atoms with Crippen molar-refractivity contribution >= 4 is 76.2 Å². The van der Waals surface area contributed by atoms with E-state index in [2.05, 4.69) is 68.3 Å². The molecule has 3 rings (SSSR count). The van der Waals surface area contributed by atoms with Crippen molar-refractivity contribution in [3.05, 3.63) is 54.4 Å². The minimum absolute atomic E-state index is 0.0741. The van der Waals surface area contributed by atoms with Crippen LogP contribution in [0.25, 0.3) is 10.1 Å². The van der Waals surface area contributed by atoms with Crippen LogP contribution in [0, 0.1) is 0 Å². The lowest BCUT2D eigenvalue weighted by atomic mass is 10.2. The van der Waals surface area contributed by atoms with Crippen LogP contribution in [0.15, 0.2) is 44.7 Å². The van der Waals surface area contributed by atoms with E-state index >= 15 is 0 Å². The number of hydrogen-bond donors (Lipinski definition) is 0. The van der Waals surface area contributed by atoms with E-state index in [0.29, 0.717) is 0 Å². The lowest BCUT2D eigenvalue weighted by molar-refractivity contribution is 1.24. The highest BCUT2D eigenvalue weighted by molar-refractivity contribution is 9.13. The first-order valence-electron chi connectivity index (χ1n) is 5.22. The number of rotatable bonds is 2. The molecule has 0 spiro atoms. The van der Waals surface area contributed by atoms with Gasteiger partial charge < -0.3 is 0 Å². The average Bonchev–Trinajstić information content (AvgIpc) is 2.93. The van der Waals surface area contributed by atoms with Crippen LogP contribution in [0.5, 0.6) is 0 Å². The summed E-state index contributed by atoms with van der Waals surface area (Å²) in [5.74, 6) is 0.